The van der Waals surface area contributed by atoms with E-state index in [0.29, 0.717) is 0 Å². The summed E-state index contributed by atoms with van der Waals surface area (Å²) in [6, 6.07) is 40.9. The first-order valence-corrected chi connectivity index (χ1v) is 14.7. The highest BCUT2D eigenvalue weighted by Crippen LogP contribution is 2.49. The lowest BCUT2D eigenvalue weighted by atomic mass is 9.34. The average molecular weight is 534 g/mol. The maximum Gasteiger partial charge on any atom is 0.260 e. The van der Waals surface area contributed by atoms with E-state index >= 15 is 0 Å². The SMILES string of the molecule is c1ccc2c(c1)Oc1c(-c3cc4ccccc4s3)cc(-c3cc4ccccc4s3)c3c1B2c1ccccc1O3. The molecule has 0 saturated carbocycles. The fourth-order valence-corrected chi connectivity index (χ4v) is 8.22. The summed E-state index contributed by atoms with van der Waals surface area (Å²) in [5.74, 6) is 3.63. The zero-order valence-electron chi connectivity index (χ0n) is 20.7. The Hall–Kier alpha value is -4.32. The van der Waals surface area contributed by atoms with Crippen molar-refractivity contribution in [3.8, 4) is 43.9 Å². The van der Waals surface area contributed by atoms with Gasteiger partial charge in [-0.3, -0.25) is 0 Å². The molecule has 0 unspecified atom stereocenters. The molecule has 0 aliphatic carbocycles. The van der Waals surface area contributed by atoms with Crippen LogP contribution in [-0.2, 0) is 0 Å². The zero-order chi connectivity index (χ0) is 25.5. The minimum absolute atomic E-state index is 0.0346. The van der Waals surface area contributed by atoms with Gasteiger partial charge in [-0.25, -0.2) is 0 Å². The number of hydrogen-bond donors (Lipinski definition) is 0. The fraction of sp³-hybridized carbons (Fsp3) is 0. The van der Waals surface area contributed by atoms with Gasteiger partial charge in [-0.2, -0.15) is 0 Å². The van der Waals surface area contributed by atoms with E-state index in [1.54, 1.807) is 0 Å². The van der Waals surface area contributed by atoms with Gasteiger partial charge < -0.3 is 9.47 Å². The van der Waals surface area contributed by atoms with Gasteiger partial charge in [0.2, 0.25) is 0 Å². The molecule has 0 spiro atoms. The minimum atomic E-state index is 0.0346. The molecule has 2 aliphatic heterocycles. The molecule has 9 rings (SSSR count). The standard InChI is InChI=1S/C34H19BO2S2/c1-7-15-28-20(9-1)17-30(38-28)22-19-23(31-18-21-10-2-8-16-29(21)39-31)34-32-33(22)36-26-13-5-3-11-24(26)35(32)25-12-4-6-14-27(25)37-34/h1-19H. The van der Waals surface area contributed by atoms with Gasteiger partial charge in [0, 0.05) is 35.7 Å². The van der Waals surface area contributed by atoms with Crippen molar-refractivity contribution in [1.29, 1.82) is 0 Å². The quantitative estimate of drug-likeness (QED) is 0.208. The third-order valence-electron chi connectivity index (χ3n) is 7.82. The Labute approximate surface area is 233 Å². The normalized spacial score (nSPS) is 13.0. The Bertz CT molecular complexity index is 1890. The average Bonchev–Trinajstić information content (AvgIpc) is 3.61. The molecule has 2 aliphatic rings. The molecule has 0 saturated heterocycles. The maximum atomic E-state index is 6.80. The molecule has 182 valence electrons. The second-order valence-electron chi connectivity index (χ2n) is 10.1. The van der Waals surface area contributed by atoms with Crippen LogP contribution in [0.5, 0.6) is 23.0 Å². The number of para-hydroxylation sites is 2. The summed E-state index contributed by atoms with van der Waals surface area (Å²) >= 11 is 3.63. The molecule has 5 aromatic carbocycles. The van der Waals surface area contributed by atoms with Crippen molar-refractivity contribution in [2.24, 2.45) is 0 Å². The van der Waals surface area contributed by atoms with E-state index in [1.165, 1.54) is 40.9 Å². The number of ether oxygens (including phenoxy) is 2. The molecule has 0 N–H and O–H groups in total. The molecule has 2 nitrogen and oxygen atoms in total. The smallest absolute Gasteiger partial charge is 0.260 e. The van der Waals surface area contributed by atoms with Crippen LogP contribution < -0.4 is 25.9 Å². The molecule has 0 fully saturated rings. The molecular weight excluding hydrogens is 515 g/mol. The van der Waals surface area contributed by atoms with Gasteiger partial charge in [0.25, 0.3) is 6.71 Å². The Morgan fingerprint density at radius 3 is 1.46 bits per heavy atom. The van der Waals surface area contributed by atoms with Crippen LogP contribution in [0.15, 0.2) is 115 Å². The van der Waals surface area contributed by atoms with Gasteiger partial charge >= 0.3 is 0 Å². The molecule has 0 radical (unpaired) electrons. The van der Waals surface area contributed by atoms with E-state index in [4.69, 9.17) is 9.47 Å². The van der Waals surface area contributed by atoms with E-state index in [0.717, 1.165) is 39.6 Å². The van der Waals surface area contributed by atoms with Gasteiger partial charge in [-0.15, -0.1) is 22.7 Å². The van der Waals surface area contributed by atoms with Crippen molar-refractivity contribution in [2.75, 3.05) is 0 Å². The van der Waals surface area contributed by atoms with E-state index in [-0.39, 0.29) is 6.71 Å². The molecule has 5 heteroatoms. The van der Waals surface area contributed by atoms with Crippen molar-refractivity contribution < 1.29 is 9.47 Å². The minimum Gasteiger partial charge on any atom is -0.458 e. The first-order valence-electron chi connectivity index (χ1n) is 13.0. The van der Waals surface area contributed by atoms with Gasteiger partial charge in [-0.1, -0.05) is 72.8 Å². The summed E-state index contributed by atoms with van der Waals surface area (Å²) in [7, 11) is 0. The molecule has 0 bridgehead atoms. The monoisotopic (exact) mass is 534 g/mol. The third kappa shape index (κ3) is 3.15. The lowest BCUT2D eigenvalue weighted by Gasteiger charge is -2.35. The van der Waals surface area contributed by atoms with Crippen LogP contribution in [0.25, 0.3) is 41.1 Å². The first kappa shape index (κ1) is 21.6. The Balaban J connectivity index is 1.40. The Kier molecular flexibility index (Phi) is 4.48. The van der Waals surface area contributed by atoms with Crippen molar-refractivity contribution in [3.63, 3.8) is 0 Å². The highest BCUT2D eigenvalue weighted by atomic mass is 32.1. The third-order valence-corrected chi connectivity index (χ3v) is 10.1. The molecule has 2 aromatic heterocycles. The lowest BCUT2D eigenvalue weighted by Crippen LogP contribution is -2.57. The van der Waals surface area contributed by atoms with Gasteiger partial charge in [-0.05, 0) is 64.2 Å². The topological polar surface area (TPSA) is 18.5 Å². The first-order chi connectivity index (χ1) is 19.3. The van der Waals surface area contributed by atoms with Gasteiger partial charge in [0.15, 0.2) is 0 Å². The van der Waals surface area contributed by atoms with E-state index < -0.39 is 0 Å². The highest BCUT2D eigenvalue weighted by Gasteiger charge is 2.42. The summed E-state index contributed by atoms with van der Waals surface area (Å²) in [5, 5.41) is 2.50. The number of thiophene rings is 2. The number of rotatable bonds is 2. The van der Waals surface area contributed by atoms with Crippen molar-refractivity contribution in [2.45, 2.75) is 0 Å². The second-order valence-corrected chi connectivity index (χ2v) is 12.2. The largest absolute Gasteiger partial charge is 0.458 e. The van der Waals surface area contributed by atoms with Crippen LogP contribution >= 0.6 is 22.7 Å². The summed E-state index contributed by atoms with van der Waals surface area (Å²) in [5.41, 5.74) is 5.71. The lowest BCUT2D eigenvalue weighted by molar-refractivity contribution is 0.467. The summed E-state index contributed by atoms with van der Waals surface area (Å²) in [4.78, 5) is 2.40. The predicted molar refractivity (Wildman–Crippen MR) is 166 cm³/mol. The highest BCUT2D eigenvalue weighted by molar-refractivity contribution is 7.22. The zero-order valence-corrected chi connectivity index (χ0v) is 22.3. The van der Waals surface area contributed by atoms with Crippen LogP contribution in [0.3, 0.4) is 0 Å². The molecule has 7 aromatic rings. The number of fused-ring (bicyclic) bond motifs is 6. The molecular formula is C34H19BO2S2. The van der Waals surface area contributed by atoms with Crippen LogP contribution in [0.4, 0.5) is 0 Å². The van der Waals surface area contributed by atoms with Crippen LogP contribution in [0.2, 0.25) is 0 Å². The second kappa shape index (κ2) is 8.09. The molecule has 0 amide bonds. The van der Waals surface area contributed by atoms with E-state index in [9.17, 15) is 0 Å². The van der Waals surface area contributed by atoms with Crippen LogP contribution in [0, 0.1) is 0 Å². The molecule has 0 atom stereocenters. The fourth-order valence-electron chi connectivity index (χ4n) is 6.07. The predicted octanol–water partition coefficient (Wildman–Crippen LogP) is 8.18. The van der Waals surface area contributed by atoms with Crippen molar-refractivity contribution >= 4 is 65.9 Å². The number of hydrogen-bond acceptors (Lipinski definition) is 4. The summed E-state index contributed by atoms with van der Waals surface area (Å²) in [6.07, 6.45) is 0. The number of benzene rings is 5. The molecule has 4 heterocycles. The maximum absolute atomic E-state index is 6.80. The van der Waals surface area contributed by atoms with E-state index in [2.05, 4.69) is 115 Å². The Morgan fingerprint density at radius 2 is 0.949 bits per heavy atom. The van der Waals surface area contributed by atoms with Gasteiger partial charge in [0.1, 0.15) is 23.0 Å². The summed E-state index contributed by atoms with van der Waals surface area (Å²) in [6.45, 7) is 0.0346. The van der Waals surface area contributed by atoms with Crippen LogP contribution in [0.1, 0.15) is 0 Å². The van der Waals surface area contributed by atoms with Crippen LogP contribution in [-0.4, -0.2) is 6.71 Å². The van der Waals surface area contributed by atoms with Crippen molar-refractivity contribution in [3.05, 3.63) is 115 Å². The summed E-state index contributed by atoms with van der Waals surface area (Å²) < 4.78 is 16.1. The van der Waals surface area contributed by atoms with E-state index in [1.807, 2.05) is 22.7 Å². The van der Waals surface area contributed by atoms with Gasteiger partial charge in [0.05, 0.1) is 0 Å². The Morgan fingerprint density at radius 1 is 0.487 bits per heavy atom. The molecule has 39 heavy (non-hydrogen) atoms. The van der Waals surface area contributed by atoms with Crippen molar-refractivity contribution in [1.82, 2.24) is 0 Å².